The summed E-state index contributed by atoms with van der Waals surface area (Å²) in [6.45, 7) is 2.43. The number of amides is 3. The first kappa shape index (κ1) is 22.7. The molecule has 0 radical (unpaired) electrons. The quantitative estimate of drug-likeness (QED) is 0.600. The normalized spacial score (nSPS) is 14.6. The van der Waals surface area contributed by atoms with Gasteiger partial charge >= 0.3 is 6.03 Å². The number of carbonyl (C=O) groups excluding carboxylic acids is 2. The van der Waals surface area contributed by atoms with Crippen LogP contribution in [0.1, 0.15) is 28.8 Å². The van der Waals surface area contributed by atoms with Crippen molar-refractivity contribution in [2.75, 3.05) is 30.8 Å². The average Bonchev–Trinajstić information content (AvgIpc) is 2.71. The number of anilines is 2. The number of hydrogen-bond acceptors (Lipinski definition) is 4. The molecule has 3 rings (SSSR count). The Balaban J connectivity index is 0.00000300. The van der Waals surface area contributed by atoms with Gasteiger partial charge in [0, 0.05) is 29.5 Å². The first-order valence-corrected chi connectivity index (χ1v) is 9.50. The van der Waals surface area contributed by atoms with Crippen molar-refractivity contribution in [1.82, 2.24) is 10.2 Å². The van der Waals surface area contributed by atoms with Crippen LogP contribution in [0.15, 0.2) is 48.5 Å². The summed E-state index contributed by atoms with van der Waals surface area (Å²) in [7, 11) is 2.09. The van der Waals surface area contributed by atoms with Crippen LogP contribution < -0.4 is 21.7 Å². The second-order valence-electron chi connectivity index (χ2n) is 7.11. The predicted molar refractivity (Wildman–Crippen MR) is 119 cm³/mol. The van der Waals surface area contributed by atoms with E-state index in [1.807, 2.05) is 12.1 Å². The Hall–Kier alpha value is -2.61. The highest BCUT2D eigenvalue weighted by Gasteiger charge is 2.18. The van der Waals surface area contributed by atoms with Crippen LogP contribution in [0.4, 0.5) is 16.2 Å². The summed E-state index contributed by atoms with van der Waals surface area (Å²) in [5, 5.41) is 8.69. The van der Waals surface area contributed by atoms with Crippen LogP contribution in [0.2, 0.25) is 0 Å². The van der Waals surface area contributed by atoms with Crippen molar-refractivity contribution in [2.45, 2.75) is 25.4 Å². The minimum Gasteiger partial charge on any atom is -0.335 e. The lowest BCUT2D eigenvalue weighted by Gasteiger charge is -2.29. The van der Waals surface area contributed by atoms with E-state index in [9.17, 15) is 9.59 Å². The van der Waals surface area contributed by atoms with E-state index in [4.69, 9.17) is 5.73 Å². The van der Waals surface area contributed by atoms with Gasteiger partial charge in [0.05, 0.1) is 0 Å². The van der Waals surface area contributed by atoms with Gasteiger partial charge in [0.2, 0.25) is 0 Å². The van der Waals surface area contributed by atoms with Gasteiger partial charge in [0.15, 0.2) is 0 Å². The molecule has 0 spiro atoms. The molecule has 1 aliphatic heterocycles. The molecule has 0 atom stereocenters. The Morgan fingerprint density at radius 2 is 1.52 bits per heavy atom. The molecule has 1 heterocycles. The monoisotopic (exact) mass is 417 g/mol. The highest BCUT2D eigenvalue weighted by Crippen LogP contribution is 2.15. The number of hydrogen-bond donors (Lipinski definition) is 4. The standard InChI is InChI=1S/C21H27N5O2.ClH/c1-26-12-10-19(11-13-26)25-21(28)24-18-8-6-17(7-9-18)23-20(27)16-4-2-15(14-22)3-5-16;/h2-9,19H,10-14,22H2,1H3,(H,23,27)(H2,24,25,28);1H. The Morgan fingerprint density at radius 1 is 0.966 bits per heavy atom. The number of carbonyl (C=O) groups is 2. The Labute approximate surface area is 177 Å². The van der Waals surface area contributed by atoms with Gasteiger partial charge in [-0.3, -0.25) is 4.79 Å². The maximum absolute atomic E-state index is 12.3. The third-order valence-electron chi connectivity index (χ3n) is 4.91. The third-order valence-corrected chi connectivity index (χ3v) is 4.91. The van der Waals surface area contributed by atoms with Crippen LogP contribution in [0.5, 0.6) is 0 Å². The lowest BCUT2D eigenvalue weighted by atomic mass is 10.1. The van der Waals surface area contributed by atoms with E-state index in [-0.39, 0.29) is 30.4 Å². The molecule has 2 aromatic rings. The number of piperidine rings is 1. The topological polar surface area (TPSA) is 99.5 Å². The van der Waals surface area contributed by atoms with E-state index in [0.717, 1.165) is 31.5 Å². The fourth-order valence-corrected chi connectivity index (χ4v) is 3.14. The zero-order valence-corrected chi connectivity index (χ0v) is 17.3. The van der Waals surface area contributed by atoms with Gasteiger partial charge in [-0.05, 0) is 74.9 Å². The fraction of sp³-hybridized carbons (Fsp3) is 0.333. The Morgan fingerprint density at radius 3 is 2.07 bits per heavy atom. The summed E-state index contributed by atoms with van der Waals surface area (Å²) in [5.41, 5.74) is 8.45. The molecule has 0 saturated carbocycles. The maximum atomic E-state index is 12.3. The summed E-state index contributed by atoms with van der Waals surface area (Å²) in [4.78, 5) is 26.7. The van der Waals surface area contributed by atoms with Gasteiger partial charge in [-0.15, -0.1) is 12.4 Å². The molecule has 7 nitrogen and oxygen atoms in total. The summed E-state index contributed by atoms with van der Waals surface area (Å²) in [5.74, 6) is -0.190. The zero-order chi connectivity index (χ0) is 19.9. The van der Waals surface area contributed by atoms with Gasteiger partial charge in [-0.2, -0.15) is 0 Å². The number of rotatable bonds is 5. The Kier molecular flexibility index (Phi) is 8.45. The van der Waals surface area contributed by atoms with E-state index in [1.165, 1.54) is 0 Å². The number of likely N-dealkylation sites (tertiary alicyclic amines) is 1. The molecule has 8 heteroatoms. The molecular weight excluding hydrogens is 390 g/mol. The van der Waals surface area contributed by atoms with E-state index < -0.39 is 0 Å². The molecule has 156 valence electrons. The van der Waals surface area contributed by atoms with Crippen molar-refractivity contribution in [2.24, 2.45) is 5.73 Å². The molecule has 0 aromatic heterocycles. The number of nitrogens with two attached hydrogens (primary N) is 1. The van der Waals surface area contributed by atoms with Crippen molar-refractivity contribution < 1.29 is 9.59 Å². The third kappa shape index (κ3) is 6.74. The Bertz CT molecular complexity index is 803. The van der Waals surface area contributed by atoms with Crippen molar-refractivity contribution in [3.63, 3.8) is 0 Å². The molecule has 3 amide bonds. The smallest absolute Gasteiger partial charge is 0.319 e. The predicted octanol–water partition coefficient (Wildman–Crippen LogP) is 3.04. The fourth-order valence-electron chi connectivity index (χ4n) is 3.14. The van der Waals surface area contributed by atoms with Gasteiger partial charge < -0.3 is 26.6 Å². The first-order valence-electron chi connectivity index (χ1n) is 9.50. The van der Waals surface area contributed by atoms with Crippen molar-refractivity contribution in [1.29, 1.82) is 0 Å². The summed E-state index contributed by atoms with van der Waals surface area (Å²) >= 11 is 0. The van der Waals surface area contributed by atoms with Crippen molar-refractivity contribution >= 4 is 35.7 Å². The molecular formula is C21H28ClN5O2. The van der Waals surface area contributed by atoms with Gasteiger partial charge in [-0.25, -0.2) is 4.79 Å². The van der Waals surface area contributed by atoms with E-state index in [0.29, 0.717) is 23.5 Å². The average molecular weight is 418 g/mol. The van der Waals surface area contributed by atoms with Gasteiger partial charge in [0.1, 0.15) is 0 Å². The molecule has 2 aromatic carbocycles. The van der Waals surface area contributed by atoms with Crippen molar-refractivity contribution in [3.8, 4) is 0 Å². The minimum absolute atomic E-state index is 0. The molecule has 5 N–H and O–H groups in total. The molecule has 1 fully saturated rings. The number of nitrogens with one attached hydrogen (secondary N) is 3. The second-order valence-corrected chi connectivity index (χ2v) is 7.11. The summed E-state index contributed by atoms with van der Waals surface area (Å²) < 4.78 is 0. The van der Waals surface area contributed by atoms with Crippen LogP contribution >= 0.6 is 12.4 Å². The van der Waals surface area contributed by atoms with Gasteiger partial charge in [0.25, 0.3) is 5.91 Å². The largest absolute Gasteiger partial charge is 0.335 e. The molecule has 1 saturated heterocycles. The lowest BCUT2D eigenvalue weighted by molar-refractivity contribution is 0.102. The minimum atomic E-state index is -0.202. The van der Waals surface area contributed by atoms with Crippen LogP contribution in [0, 0.1) is 0 Å². The molecule has 0 aliphatic carbocycles. The van der Waals surface area contributed by atoms with Crippen LogP contribution in [0.3, 0.4) is 0 Å². The first-order chi connectivity index (χ1) is 13.5. The molecule has 0 bridgehead atoms. The number of benzene rings is 2. The van der Waals surface area contributed by atoms with Crippen LogP contribution in [0.25, 0.3) is 0 Å². The van der Waals surface area contributed by atoms with Crippen LogP contribution in [-0.2, 0) is 6.54 Å². The molecule has 1 aliphatic rings. The van der Waals surface area contributed by atoms with E-state index >= 15 is 0 Å². The molecule has 29 heavy (non-hydrogen) atoms. The SMILES string of the molecule is CN1CCC(NC(=O)Nc2ccc(NC(=O)c3ccc(CN)cc3)cc2)CC1.Cl. The maximum Gasteiger partial charge on any atom is 0.319 e. The number of urea groups is 1. The molecule has 0 unspecified atom stereocenters. The number of nitrogens with zero attached hydrogens (tertiary/aromatic N) is 1. The highest BCUT2D eigenvalue weighted by molar-refractivity contribution is 6.04. The number of halogens is 1. The second kappa shape index (κ2) is 10.8. The van der Waals surface area contributed by atoms with Crippen molar-refractivity contribution in [3.05, 3.63) is 59.7 Å². The van der Waals surface area contributed by atoms with Gasteiger partial charge in [-0.1, -0.05) is 12.1 Å². The highest BCUT2D eigenvalue weighted by atomic mass is 35.5. The van der Waals surface area contributed by atoms with E-state index in [2.05, 4.69) is 27.9 Å². The zero-order valence-electron chi connectivity index (χ0n) is 16.5. The van der Waals surface area contributed by atoms with Crippen LogP contribution in [-0.4, -0.2) is 43.0 Å². The summed E-state index contributed by atoms with van der Waals surface area (Å²) in [6.07, 6.45) is 1.92. The van der Waals surface area contributed by atoms with E-state index in [1.54, 1.807) is 36.4 Å². The summed E-state index contributed by atoms with van der Waals surface area (Å²) in [6, 6.07) is 14.2. The lowest BCUT2D eigenvalue weighted by Crippen LogP contribution is -2.44.